The van der Waals surface area contributed by atoms with E-state index in [-0.39, 0.29) is 17.7 Å². The van der Waals surface area contributed by atoms with Crippen LogP contribution in [0.1, 0.15) is 61.6 Å². The molecule has 1 aliphatic carbocycles. The summed E-state index contributed by atoms with van der Waals surface area (Å²) in [6.45, 7) is 4.54. The fourth-order valence-corrected chi connectivity index (χ4v) is 5.71. The predicted octanol–water partition coefficient (Wildman–Crippen LogP) is 6.80. The van der Waals surface area contributed by atoms with Crippen molar-refractivity contribution in [1.82, 2.24) is 0 Å². The molecule has 6 heteroatoms. The summed E-state index contributed by atoms with van der Waals surface area (Å²) < 4.78 is 17.4. The maximum Gasteiger partial charge on any atom is 0.315 e. The normalized spacial score (nSPS) is 20.4. The molecule has 206 valence electrons. The number of hydrogen-bond acceptors (Lipinski definition) is 6. The van der Waals surface area contributed by atoms with Gasteiger partial charge in [-0.25, -0.2) is 0 Å². The molecular weight excluding hydrogens is 502 g/mol. The SMILES string of the molecule is CCCOC(=O)C1C(C)=NC2=C(C(=O)C[C@H](c3ccccc3)C2)[C@@H]1c1ccc(OCc2ccccc2)c(OC)c1. The van der Waals surface area contributed by atoms with Crippen molar-refractivity contribution in [3.05, 3.63) is 107 Å². The largest absolute Gasteiger partial charge is 0.493 e. The van der Waals surface area contributed by atoms with Gasteiger partial charge in [-0.05, 0) is 54.5 Å². The highest BCUT2D eigenvalue weighted by Crippen LogP contribution is 2.48. The van der Waals surface area contributed by atoms with Gasteiger partial charge in [0.2, 0.25) is 0 Å². The van der Waals surface area contributed by atoms with Crippen molar-refractivity contribution in [2.45, 2.75) is 51.6 Å². The first kappa shape index (κ1) is 27.4. The molecule has 5 rings (SSSR count). The molecule has 6 nitrogen and oxygen atoms in total. The van der Waals surface area contributed by atoms with Gasteiger partial charge < -0.3 is 14.2 Å². The lowest BCUT2D eigenvalue weighted by atomic mass is 9.69. The van der Waals surface area contributed by atoms with Gasteiger partial charge in [-0.2, -0.15) is 0 Å². The molecule has 1 heterocycles. The highest BCUT2D eigenvalue weighted by molar-refractivity contribution is 6.09. The van der Waals surface area contributed by atoms with Crippen molar-refractivity contribution < 1.29 is 23.8 Å². The van der Waals surface area contributed by atoms with Crippen LogP contribution < -0.4 is 9.47 Å². The average molecular weight is 538 g/mol. The number of aliphatic imine (C=N–C) groups is 1. The Morgan fingerprint density at radius 1 is 0.925 bits per heavy atom. The lowest BCUT2D eigenvalue weighted by molar-refractivity contribution is -0.146. The molecule has 0 bridgehead atoms. The summed E-state index contributed by atoms with van der Waals surface area (Å²) in [4.78, 5) is 32.1. The molecule has 3 aromatic rings. The van der Waals surface area contributed by atoms with E-state index in [9.17, 15) is 9.59 Å². The minimum atomic E-state index is -0.691. The zero-order valence-corrected chi connectivity index (χ0v) is 23.3. The van der Waals surface area contributed by atoms with Crippen LogP contribution in [0.5, 0.6) is 11.5 Å². The molecule has 0 N–H and O–H groups in total. The second kappa shape index (κ2) is 12.3. The molecule has 0 saturated heterocycles. The Balaban J connectivity index is 1.52. The zero-order valence-electron chi connectivity index (χ0n) is 23.3. The number of nitrogens with zero attached hydrogens (tertiary/aromatic N) is 1. The van der Waals surface area contributed by atoms with E-state index in [4.69, 9.17) is 19.2 Å². The number of esters is 1. The smallest absolute Gasteiger partial charge is 0.315 e. The summed E-state index contributed by atoms with van der Waals surface area (Å²) >= 11 is 0. The van der Waals surface area contributed by atoms with Crippen LogP contribution >= 0.6 is 0 Å². The topological polar surface area (TPSA) is 74.2 Å². The molecule has 3 aromatic carbocycles. The Bertz CT molecular complexity index is 1430. The molecule has 0 radical (unpaired) electrons. The summed E-state index contributed by atoms with van der Waals surface area (Å²) in [5.41, 5.74) is 5.00. The lowest BCUT2D eigenvalue weighted by Crippen LogP contribution is -2.38. The van der Waals surface area contributed by atoms with Gasteiger partial charge in [0, 0.05) is 29.3 Å². The molecule has 40 heavy (non-hydrogen) atoms. The van der Waals surface area contributed by atoms with Gasteiger partial charge in [0.25, 0.3) is 0 Å². The van der Waals surface area contributed by atoms with Gasteiger partial charge in [-0.15, -0.1) is 0 Å². The van der Waals surface area contributed by atoms with Crippen LogP contribution in [-0.4, -0.2) is 31.2 Å². The monoisotopic (exact) mass is 537 g/mol. The highest BCUT2D eigenvalue weighted by atomic mass is 16.5. The highest BCUT2D eigenvalue weighted by Gasteiger charge is 2.45. The van der Waals surface area contributed by atoms with Crippen LogP contribution in [0, 0.1) is 5.92 Å². The van der Waals surface area contributed by atoms with Crippen LogP contribution in [0.15, 0.2) is 95.1 Å². The van der Waals surface area contributed by atoms with Gasteiger partial charge in [0.1, 0.15) is 12.5 Å². The zero-order chi connectivity index (χ0) is 28.1. The van der Waals surface area contributed by atoms with Gasteiger partial charge in [-0.3, -0.25) is 14.6 Å². The first-order valence-corrected chi connectivity index (χ1v) is 13.9. The van der Waals surface area contributed by atoms with E-state index in [1.807, 2.05) is 80.6 Å². The molecular formula is C34H35NO5. The first-order valence-electron chi connectivity index (χ1n) is 13.9. The number of ketones is 1. The van der Waals surface area contributed by atoms with E-state index >= 15 is 0 Å². The maximum atomic E-state index is 13.8. The van der Waals surface area contributed by atoms with Crippen molar-refractivity contribution in [1.29, 1.82) is 0 Å². The third-order valence-electron chi connectivity index (χ3n) is 7.65. The van der Waals surface area contributed by atoms with E-state index in [1.165, 1.54) is 0 Å². The number of carbonyl (C=O) groups excluding carboxylic acids is 2. The Morgan fingerprint density at radius 3 is 2.35 bits per heavy atom. The van der Waals surface area contributed by atoms with Crippen molar-refractivity contribution >= 4 is 17.5 Å². The van der Waals surface area contributed by atoms with Crippen molar-refractivity contribution in [2.75, 3.05) is 13.7 Å². The number of benzene rings is 3. The van der Waals surface area contributed by atoms with Crippen LogP contribution in [0.25, 0.3) is 0 Å². The van der Waals surface area contributed by atoms with E-state index in [2.05, 4.69) is 12.1 Å². The molecule has 1 aliphatic heterocycles. The number of ether oxygens (including phenoxy) is 3. The third-order valence-corrected chi connectivity index (χ3v) is 7.65. The summed E-state index contributed by atoms with van der Waals surface area (Å²) in [7, 11) is 1.59. The summed E-state index contributed by atoms with van der Waals surface area (Å²) in [5, 5.41) is 0. The van der Waals surface area contributed by atoms with E-state index < -0.39 is 11.8 Å². The molecule has 0 amide bonds. The quantitative estimate of drug-likeness (QED) is 0.281. The second-order valence-electron chi connectivity index (χ2n) is 10.4. The van der Waals surface area contributed by atoms with E-state index in [0.717, 1.165) is 22.4 Å². The Morgan fingerprint density at radius 2 is 1.65 bits per heavy atom. The average Bonchev–Trinajstić information content (AvgIpc) is 2.98. The number of methoxy groups -OCH3 is 1. The fraction of sp³-hybridized carbons (Fsp3) is 0.324. The molecule has 0 aromatic heterocycles. The number of hydrogen-bond donors (Lipinski definition) is 0. The Labute approximate surface area is 235 Å². The molecule has 0 spiro atoms. The Hall–Kier alpha value is -4.19. The van der Waals surface area contributed by atoms with E-state index in [0.29, 0.717) is 55.3 Å². The number of allylic oxidation sites excluding steroid dienone is 2. The standard InChI is InChI=1S/C34H35NO5/c1-4-17-39-34(37)31-22(2)35-27-18-26(24-13-9-6-10-14-24)19-28(36)33(27)32(31)25-15-16-29(30(20-25)38-3)40-21-23-11-7-5-8-12-23/h5-16,20,26,31-32H,4,17-19,21H2,1-3H3/t26-,31?,32-/m1/s1. The lowest BCUT2D eigenvalue weighted by Gasteiger charge is -2.36. The molecule has 0 fully saturated rings. The number of carbonyl (C=O) groups is 2. The molecule has 0 saturated carbocycles. The summed E-state index contributed by atoms with van der Waals surface area (Å²) in [6.07, 6.45) is 1.73. The van der Waals surface area contributed by atoms with Crippen LogP contribution in [0.3, 0.4) is 0 Å². The first-order chi connectivity index (χ1) is 19.5. The van der Waals surface area contributed by atoms with Crippen LogP contribution in [0.2, 0.25) is 0 Å². The number of Topliss-reactive ketones (excluding diaryl/α,β-unsaturated/α-hetero) is 1. The van der Waals surface area contributed by atoms with Gasteiger partial charge in [0.15, 0.2) is 17.3 Å². The fourth-order valence-electron chi connectivity index (χ4n) is 5.71. The van der Waals surface area contributed by atoms with Crippen molar-refractivity contribution in [3.8, 4) is 11.5 Å². The van der Waals surface area contributed by atoms with Crippen LogP contribution in [0.4, 0.5) is 0 Å². The van der Waals surface area contributed by atoms with Crippen LogP contribution in [-0.2, 0) is 20.9 Å². The summed E-state index contributed by atoms with van der Waals surface area (Å²) in [5.74, 6) is -0.358. The second-order valence-corrected chi connectivity index (χ2v) is 10.4. The van der Waals surface area contributed by atoms with E-state index in [1.54, 1.807) is 7.11 Å². The minimum absolute atomic E-state index is 0.0213. The maximum absolute atomic E-state index is 13.8. The molecule has 2 aliphatic rings. The van der Waals surface area contributed by atoms with Crippen molar-refractivity contribution in [3.63, 3.8) is 0 Å². The minimum Gasteiger partial charge on any atom is -0.493 e. The Kier molecular flexibility index (Phi) is 8.44. The summed E-state index contributed by atoms with van der Waals surface area (Å²) in [6, 6.07) is 25.7. The van der Waals surface area contributed by atoms with Crippen molar-refractivity contribution in [2.24, 2.45) is 10.9 Å². The molecule has 1 unspecified atom stereocenters. The molecule has 3 atom stereocenters. The van der Waals surface area contributed by atoms with Gasteiger partial charge in [0.05, 0.1) is 13.7 Å². The third kappa shape index (κ3) is 5.71. The van der Waals surface area contributed by atoms with Gasteiger partial charge >= 0.3 is 5.97 Å². The predicted molar refractivity (Wildman–Crippen MR) is 155 cm³/mol. The number of rotatable bonds is 9. The van der Waals surface area contributed by atoms with Gasteiger partial charge in [-0.1, -0.05) is 73.7 Å².